The first-order valence-electron chi connectivity index (χ1n) is 8.82. The van der Waals surface area contributed by atoms with Gasteiger partial charge in [0.05, 0.1) is 0 Å². The van der Waals surface area contributed by atoms with Crippen molar-refractivity contribution < 1.29 is 9.59 Å². The average molecular weight is 340 g/mol. The number of rotatable bonds is 6. The van der Waals surface area contributed by atoms with Gasteiger partial charge in [-0.3, -0.25) is 9.59 Å². The molecule has 1 aliphatic carbocycles. The molecule has 1 aliphatic rings. The molecule has 132 valence electrons. The molecule has 3 rings (SSSR count). The summed E-state index contributed by atoms with van der Waals surface area (Å²) in [5, 5.41) is 5.84. The smallest absolute Gasteiger partial charge is 0.226 e. The molecular formula is C19H24N4O2. The second-order valence-electron chi connectivity index (χ2n) is 6.66. The van der Waals surface area contributed by atoms with Crippen LogP contribution in [0.1, 0.15) is 39.0 Å². The van der Waals surface area contributed by atoms with E-state index in [0.29, 0.717) is 5.69 Å². The maximum Gasteiger partial charge on any atom is 0.226 e. The maximum atomic E-state index is 12.2. The molecule has 1 fully saturated rings. The summed E-state index contributed by atoms with van der Waals surface area (Å²) in [7, 11) is 0. The van der Waals surface area contributed by atoms with E-state index in [9.17, 15) is 9.59 Å². The maximum absolute atomic E-state index is 12.2. The Morgan fingerprint density at radius 2 is 2.12 bits per heavy atom. The lowest BCUT2D eigenvalue weighted by Gasteiger charge is -2.17. The minimum absolute atomic E-state index is 0.0811. The van der Waals surface area contributed by atoms with E-state index in [1.165, 1.54) is 0 Å². The Morgan fingerprint density at radius 3 is 2.84 bits per heavy atom. The first-order valence-corrected chi connectivity index (χ1v) is 8.82. The van der Waals surface area contributed by atoms with Gasteiger partial charge < -0.3 is 15.6 Å². The molecule has 6 nitrogen and oxygen atoms in total. The van der Waals surface area contributed by atoms with Crippen molar-refractivity contribution in [1.29, 1.82) is 0 Å². The fourth-order valence-electron chi connectivity index (χ4n) is 3.26. The topological polar surface area (TPSA) is 86.9 Å². The van der Waals surface area contributed by atoms with E-state index < -0.39 is 0 Å². The van der Waals surface area contributed by atoms with Gasteiger partial charge in [0, 0.05) is 42.0 Å². The molecular weight excluding hydrogens is 316 g/mol. The molecule has 0 unspecified atom stereocenters. The van der Waals surface area contributed by atoms with Gasteiger partial charge in [-0.1, -0.05) is 25.0 Å². The zero-order chi connectivity index (χ0) is 17.6. The zero-order valence-corrected chi connectivity index (χ0v) is 14.4. The quantitative estimate of drug-likeness (QED) is 0.755. The van der Waals surface area contributed by atoms with Gasteiger partial charge in [0.25, 0.3) is 0 Å². The Balaban J connectivity index is 1.52. The molecule has 0 spiro atoms. The van der Waals surface area contributed by atoms with Crippen LogP contribution in [0, 0.1) is 5.92 Å². The number of imidazole rings is 1. The largest absolute Gasteiger partial charge is 0.353 e. The Bertz CT molecular complexity index is 721. The molecule has 25 heavy (non-hydrogen) atoms. The molecule has 1 atom stereocenters. The number of hydrogen-bond acceptors (Lipinski definition) is 3. The fraction of sp³-hybridized carbons (Fsp3) is 0.421. The number of aromatic nitrogens is 2. The lowest BCUT2D eigenvalue weighted by Crippen LogP contribution is -2.38. The van der Waals surface area contributed by atoms with Gasteiger partial charge in [-0.05, 0) is 31.9 Å². The highest BCUT2D eigenvalue weighted by molar-refractivity contribution is 5.92. The SMILES string of the molecule is C[C@H](CC(=O)Nc1cccc(-c2ncc[nH]2)c1)NC(=O)C1CCCC1. The summed E-state index contributed by atoms with van der Waals surface area (Å²) in [5.74, 6) is 0.845. The summed E-state index contributed by atoms with van der Waals surface area (Å²) in [6.45, 7) is 1.87. The average Bonchev–Trinajstić information content (AvgIpc) is 3.28. The van der Waals surface area contributed by atoms with Gasteiger partial charge in [-0.15, -0.1) is 0 Å². The molecule has 0 saturated heterocycles. The van der Waals surface area contributed by atoms with Crippen molar-refractivity contribution >= 4 is 17.5 Å². The number of carbonyl (C=O) groups is 2. The Kier molecular flexibility index (Phi) is 5.48. The molecule has 2 amide bonds. The van der Waals surface area contributed by atoms with E-state index in [2.05, 4.69) is 20.6 Å². The van der Waals surface area contributed by atoms with Crippen LogP contribution in [0.2, 0.25) is 0 Å². The highest BCUT2D eigenvalue weighted by atomic mass is 16.2. The Labute approximate surface area is 147 Å². The van der Waals surface area contributed by atoms with Gasteiger partial charge in [-0.25, -0.2) is 4.98 Å². The second-order valence-corrected chi connectivity index (χ2v) is 6.66. The van der Waals surface area contributed by atoms with Crippen molar-refractivity contribution in [2.24, 2.45) is 5.92 Å². The van der Waals surface area contributed by atoms with Crippen LogP contribution in [0.3, 0.4) is 0 Å². The molecule has 1 aromatic heterocycles. The highest BCUT2D eigenvalue weighted by Crippen LogP contribution is 2.25. The van der Waals surface area contributed by atoms with Crippen LogP contribution in [0.5, 0.6) is 0 Å². The minimum atomic E-state index is -0.179. The summed E-state index contributed by atoms with van der Waals surface area (Å²) in [5.41, 5.74) is 1.62. The fourth-order valence-corrected chi connectivity index (χ4v) is 3.26. The number of amides is 2. The van der Waals surface area contributed by atoms with Gasteiger partial charge in [-0.2, -0.15) is 0 Å². The molecule has 0 radical (unpaired) electrons. The molecule has 1 saturated carbocycles. The van der Waals surface area contributed by atoms with Crippen molar-refractivity contribution in [2.75, 3.05) is 5.32 Å². The first kappa shape index (κ1) is 17.2. The van der Waals surface area contributed by atoms with Crippen LogP contribution in [-0.2, 0) is 9.59 Å². The second kappa shape index (κ2) is 7.96. The number of benzene rings is 1. The predicted octanol–water partition coefficient (Wildman–Crippen LogP) is 3.10. The third-order valence-electron chi connectivity index (χ3n) is 4.52. The van der Waals surface area contributed by atoms with Crippen LogP contribution in [0.4, 0.5) is 5.69 Å². The number of aromatic amines is 1. The number of carbonyl (C=O) groups excluding carboxylic acids is 2. The van der Waals surface area contributed by atoms with Gasteiger partial charge in [0.15, 0.2) is 0 Å². The van der Waals surface area contributed by atoms with Crippen molar-refractivity contribution in [3.05, 3.63) is 36.7 Å². The van der Waals surface area contributed by atoms with E-state index in [4.69, 9.17) is 0 Å². The normalized spacial score (nSPS) is 15.7. The third kappa shape index (κ3) is 4.68. The number of anilines is 1. The molecule has 3 N–H and O–H groups in total. The van der Waals surface area contributed by atoms with Gasteiger partial charge in [0.1, 0.15) is 5.82 Å². The molecule has 6 heteroatoms. The third-order valence-corrected chi connectivity index (χ3v) is 4.52. The van der Waals surface area contributed by atoms with E-state index >= 15 is 0 Å². The zero-order valence-electron chi connectivity index (χ0n) is 14.4. The summed E-state index contributed by atoms with van der Waals surface area (Å²) in [6.07, 6.45) is 7.88. The molecule has 0 aliphatic heterocycles. The lowest BCUT2D eigenvalue weighted by molar-refractivity contribution is -0.125. The first-order chi connectivity index (χ1) is 12.1. The van der Waals surface area contributed by atoms with Crippen LogP contribution in [0.15, 0.2) is 36.7 Å². The summed E-state index contributed by atoms with van der Waals surface area (Å²) >= 11 is 0. The van der Waals surface area contributed by atoms with E-state index in [1.54, 1.807) is 12.4 Å². The summed E-state index contributed by atoms with van der Waals surface area (Å²) in [4.78, 5) is 31.6. The minimum Gasteiger partial charge on any atom is -0.353 e. The Hall–Kier alpha value is -2.63. The number of nitrogens with one attached hydrogen (secondary N) is 3. The Morgan fingerprint density at radius 1 is 1.32 bits per heavy atom. The van der Waals surface area contributed by atoms with Crippen LogP contribution < -0.4 is 10.6 Å². The van der Waals surface area contributed by atoms with Crippen molar-refractivity contribution in [2.45, 2.75) is 45.1 Å². The highest BCUT2D eigenvalue weighted by Gasteiger charge is 2.24. The van der Waals surface area contributed by atoms with Gasteiger partial charge >= 0.3 is 0 Å². The number of H-pyrrole nitrogens is 1. The van der Waals surface area contributed by atoms with Crippen LogP contribution in [-0.4, -0.2) is 27.8 Å². The van der Waals surface area contributed by atoms with E-state index in [1.807, 2.05) is 31.2 Å². The molecule has 1 aromatic carbocycles. The molecule has 2 aromatic rings. The van der Waals surface area contributed by atoms with Crippen molar-refractivity contribution in [1.82, 2.24) is 15.3 Å². The monoisotopic (exact) mass is 340 g/mol. The van der Waals surface area contributed by atoms with E-state index in [-0.39, 0.29) is 30.2 Å². The predicted molar refractivity (Wildman–Crippen MR) is 96.8 cm³/mol. The van der Waals surface area contributed by atoms with Crippen LogP contribution >= 0.6 is 0 Å². The van der Waals surface area contributed by atoms with E-state index in [0.717, 1.165) is 37.1 Å². The summed E-state index contributed by atoms with van der Waals surface area (Å²) < 4.78 is 0. The van der Waals surface area contributed by atoms with Crippen molar-refractivity contribution in [3.63, 3.8) is 0 Å². The van der Waals surface area contributed by atoms with Crippen molar-refractivity contribution in [3.8, 4) is 11.4 Å². The lowest BCUT2D eigenvalue weighted by atomic mass is 10.1. The van der Waals surface area contributed by atoms with Crippen LogP contribution in [0.25, 0.3) is 11.4 Å². The number of nitrogens with zero attached hydrogens (tertiary/aromatic N) is 1. The standard InChI is InChI=1S/C19H24N4O2/c1-13(22-19(25)14-5-2-3-6-14)11-17(24)23-16-8-4-7-15(12-16)18-20-9-10-21-18/h4,7-10,12-14H,2-3,5-6,11H2,1H3,(H,20,21)(H,22,25)(H,23,24)/t13-/m1/s1. The van der Waals surface area contributed by atoms with Gasteiger partial charge in [0.2, 0.25) is 11.8 Å². The number of hydrogen-bond donors (Lipinski definition) is 3. The molecule has 1 heterocycles. The molecule has 0 bridgehead atoms. The summed E-state index contributed by atoms with van der Waals surface area (Å²) in [6, 6.07) is 7.34.